The van der Waals surface area contributed by atoms with Crippen molar-refractivity contribution in [3.63, 3.8) is 0 Å². The van der Waals surface area contributed by atoms with Gasteiger partial charge in [-0.2, -0.15) is 0 Å². The highest BCUT2D eigenvalue weighted by molar-refractivity contribution is 7.98. The monoisotopic (exact) mass is 312 g/mol. The molecule has 0 unspecified atom stereocenters. The summed E-state index contributed by atoms with van der Waals surface area (Å²) in [5.74, 6) is -0.736. The Hall–Kier alpha value is -2.27. The Morgan fingerprint density at radius 2 is 2.05 bits per heavy atom. The average Bonchev–Trinajstić information content (AvgIpc) is 2.54. The van der Waals surface area contributed by atoms with Crippen molar-refractivity contribution < 1.29 is 9.59 Å². The number of rotatable bonds is 3. The van der Waals surface area contributed by atoms with E-state index in [9.17, 15) is 9.59 Å². The Morgan fingerprint density at radius 1 is 1.23 bits per heavy atom. The smallest absolute Gasteiger partial charge is 0.232 e. The van der Waals surface area contributed by atoms with Crippen LogP contribution in [0.1, 0.15) is 17.9 Å². The number of thioether (sulfide) groups is 1. The SMILES string of the molecule is CSc1cccc(NC(=O)[C@@H]2CC(=O)Nc3ccccc32)c1. The van der Waals surface area contributed by atoms with Crippen LogP contribution in [0.15, 0.2) is 53.4 Å². The summed E-state index contributed by atoms with van der Waals surface area (Å²) in [6.45, 7) is 0. The number of carbonyl (C=O) groups is 2. The lowest BCUT2D eigenvalue weighted by atomic mass is 9.90. The molecule has 0 aromatic heterocycles. The van der Waals surface area contributed by atoms with Crippen molar-refractivity contribution in [1.29, 1.82) is 0 Å². The molecule has 1 atom stereocenters. The predicted molar refractivity (Wildman–Crippen MR) is 89.3 cm³/mol. The first-order chi connectivity index (χ1) is 10.7. The summed E-state index contributed by atoms with van der Waals surface area (Å²) in [5.41, 5.74) is 2.33. The molecule has 112 valence electrons. The van der Waals surface area contributed by atoms with Gasteiger partial charge in [0.1, 0.15) is 0 Å². The molecule has 5 heteroatoms. The van der Waals surface area contributed by atoms with E-state index in [4.69, 9.17) is 0 Å². The average molecular weight is 312 g/mol. The van der Waals surface area contributed by atoms with E-state index >= 15 is 0 Å². The van der Waals surface area contributed by atoms with Crippen LogP contribution in [0.3, 0.4) is 0 Å². The Balaban J connectivity index is 1.84. The van der Waals surface area contributed by atoms with Gasteiger partial charge in [0.15, 0.2) is 0 Å². The number of para-hydroxylation sites is 1. The molecule has 0 saturated heterocycles. The lowest BCUT2D eigenvalue weighted by Gasteiger charge is -2.24. The van der Waals surface area contributed by atoms with Crippen LogP contribution >= 0.6 is 11.8 Å². The van der Waals surface area contributed by atoms with Gasteiger partial charge in [-0.3, -0.25) is 9.59 Å². The van der Waals surface area contributed by atoms with Crippen LogP contribution in [0.5, 0.6) is 0 Å². The second-order valence-electron chi connectivity index (χ2n) is 5.11. The minimum absolute atomic E-state index is 0.128. The first kappa shape index (κ1) is 14.7. The number of carbonyl (C=O) groups excluding carboxylic acids is 2. The van der Waals surface area contributed by atoms with Crippen molar-refractivity contribution in [2.24, 2.45) is 0 Å². The molecule has 2 aromatic rings. The van der Waals surface area contributed by atoms with Crippen LogP contribution in [0.2, 0.25) is 0 Å². The molecule has 0 radical (unpaired) electrons. The number of hydrogen-bond acceptors (Lipinski definition) is 3. The molecule has 1 heterocycles. The van der Waals surface area contributed by atoms with Gasteiger partial charge in [0.2, 0.25) is 11.8 Å². The van der Waals surface area contributed by atoms with Crippen LogP contribution in [0, 0.1) is 0 Å². The lowest BCUT2D eigenvalue weighted by Crippen LogP contribution is -2.30. The van der Waals surface area contributed by atoms with Crippen LogP contribution < -0.4 is 10.6 Å². The standard InChI is InChI=1S/C17H16N2O2S/c1-22-12-6-4-5-11(9-12)18-17(21)14-10-16(20)19-15-8-3-2-7-13(14)15/h2-9,14H,10H2,1H3,(H,18,21)(H,19,20)/t14-/m1/s1. The fourth-order valence-electron chi connectivity index (χ4n) is 2.58. The van der Waals surface area contributed by atoms with Gasteiger partial charge in [0.05, 0.1) is 5.92 Å². The number of benzene rings is 2. The van der Waals surface area contributed by atoms with Gasteiger partial charge in [-0.15, -0.1) is 11.8 Å². The summed E-state index contributed by atoms with van der Waals surface area (Å²) in [6.07, 6.45) is 2.16. The van der Waals surface area contributed by atoms with Crippen LogP contribution in [-0.2, 0) is 9.59 Å². The van der Waals surface area contributed by atoms with Crippen LogP contribution in [-0.4, -0.2) is 18.1 Å². The van der Waals surface area contributed by atoms with Crippen molar-refractivity contribution in [1.82, 2.24) is 0 Å². The van der Waals surface area contributed by atoms with Crippen molar-refractivity contribution in [2.45, 2.75) is 17.2 Å². The van der Waals surface area contributed by atoms with Gasteiger partial charge >= 0.3 is 0 Å². The summed E-state index contributed by atoms with van der Waals surface area (Å²) in [6, 6.07) is 15.1. The van der Waals surface area contributed by atoms with E-state index in [0.717, 1.165) is 21.8 Å². The molecule has 2 N–H and O–H groups in total. The third kappa shape index (κ3) is 2.99. The summed E-state index contributed by atoms with van der Waals surface area (Å²) in [4.78, 5) is 25.5. The second kappa shape index (κ2) is 6.23. The molecule has 3 rings (SSSR count). The molecule has 0 saturated carbocycles. The van der Waals surface area contributed by atoms with Crippen LogP contribution in [0.25, 0.3) is 0 Å². The van der Waals surface area contributed by atoms with Gasteiger partial charge in [-0.25, -0.2) is 0 Å². The van der Waals surface area contributed by atoms with Gasteiger partial charge in [0.25, 0.3) is 0 Å². The summed E-state index contributed by atoms with van der Waals surface area (Å²) in [5, 5.41) is 5.72. The first-order valence-corrected chi connectivity index (χ1v) is 8.23. The molecule has 2 aromatic carbocycles. The minimum Gasteiger partial charge on any atom is -0.326 e. The molecule has 1 aliphatic heterocycles. The number of amides is 2. The van der Waals surface area contributed by atoms with Gasteiger partial charge in [-0.05, 0) is 36.1 Å². The van der Waals surface area contributed by atoms with E-state index in [1.54, 1.807) is 11.8 Å². The molecule has 0 spiro atoms. The van der Waals surface area contributed by atoms with Gasteiger partial charge in [-0.1, -0.05) is 24.3 Å². The Kier molecular flexibility index (Phi) is 4.15. The zero-order valence-electron chi connectivity index (χ0n) is 12.1. The molecule has 1 aliphatic rings. The fraction of sp³-hybridized carbons (Fsp3) is 0.176. The largest absolute Gasteiger partial charge is 0.326 e. The maximum Gasteiger partial charge on any atom is 0.232 e. The fourth-order valence-corrected chi connectivity index (χ4v) is 3.03. The summed E-state index contributed by atoms with van der Waals surface area (Å²) >= 11 is 1.62. The highest BCUT2D eigenvalue weighted by atomic mass is 32.2. The van der Waals surface area contributed by atoms with Gasteiger partial charge < -0.3 is 10.6 Å². The normalized spacial score (nSPS) is 16.6. The minimum atomic E-state index is -0.456. The molecule has 0 aliphatic carbocycles. The highest BCUT2D eigenvalue weighted by Gasteiger charge is 2.30. The Bertz CT molecular complexity index is 730. The quantitative estimate of drug-likeness (QED) is 0.853. The first-order valence-electron chi connectivity index (χ1n) is 7.01. The molecule has 2 amide bonds. The van der Waals surface area contributed by atoms with Crippen molar-refractivity contribution in [3.05, 3.63) is 54.1 Å². The van der Waals surface area contributed by atoms with Gasteiger partial charge in [0, 0.05) is 22.7 Å². The zero-order valence-corrected chi connectivity index (χ0v) is 12.9. The second-order valence-corrected chi connectivity index (χ2v) is 5.99. The predicted octanol–water partition coefficient (Wildman–Crippen LogP) is 3.47. The third-order valence-corrected chi connectivity index (χ3v) is 4.38. The third-order valence-electron chi connectivity index (χ3n) is 3.65. The molecule has 22 heavy (non-hydrogen) atoms. The van der Waals surface area contributed by atoms with E-state index in [1.807, 2.05) is 54.8 Å². The van der Waals surface area contributed by atoms with E-state index in [-0.39, 0.29) is 18.2 Å². The van der Waals surface area contributed by atoms with Crippen molar-refractivity contribution in [2.75, 3.05) is 16.9 Å². The number of fused-ring (bicyclic) bond motifs is 1. The van der Waals surface area contributed by atoms with E-state index < -0.39 is 5.92 Å². The van der Waals surface area contributed by atoms with E-state index in [0.29, 0.717) is 0 Å². The highest BCUT2D eigenvalue weighted by Crippen LogP contribution is 2.33. The van der Waals surface area contributed by atoms with E-state index in [1.165, 1.54) is 0 Å². The van der Waals surface area contributed by atoms with E-state index in [2.05, 4.69) is 10.6 Å². The Morgan fingerprint density at radius 3 is 2.86 bits per heavy atom. The summed E-state index contributed by atoms with van der Waals surface area (Å²) in [7, 11) is 0. The van der Waals surface area contributed by atoms with Crippen molar-refractivity contribution in [3.8, 4) is 0 Å². The molecule has 4 nitrogen and oxygen atoms in total. The van der Waals surface area contributed by atoms with Crippen LogP contribution in [0.4, 0.5) is 11.4 Å². The maximum atomic E-state index is 12.6. The maximum absolute atomic E-state index is 12.6. The number of anilines is 2. The summed E-state index contributed by atoms with van der Waals surface area (Å²) < 4.78 is 0. The Labute approximate surface area is 133 Å². The van der Waals surface area contributed by atoms with Crippen molar-refractivity contribution >= 4 is 35.0 Å². The molecule has 0 fully saturated rings. The molecule has 0 bridgehead atoms. The number of hydrogen-bond donors (Lipinski definition) is 2. The molecular weight excluding hydrogens is 296 g/mol. The topological polar surface area (TPSA) is 58.2 Å². The lowest BCUT2D eigenvalue weighted by molar-refractivity contribution is -0.123. The zero-order chi connectivity index (χ0) is 15.5. The molecular formula is C17H16N2O2S. The number of nitrogens with one attached hydrogen (secondary N) is 2.